The molecule has 0 aliphatic carbocycles. The summed E-state index contributed by atoms with van der Waals surface area (Å²) in [6, 6.07) is 8.91. The van der Waals surface area contributed by atoms with Gasteiger partial charge >= 0.3 is 0 Å². The van der Waals surface area contributed by atoms with E-state index in [1.165, 1.54) is 16.6 Å². The highest BCUT2D eigenvalue weighted by atomic mass is 35.5. The first kappa shape index (κ1) is 20.9. The molecular formula is C19H19Cl2N5O3. The van der Waals surface area contributed by atoms with Crippen LogP contribution in [-0.4, -0.2) is 45.2 Å². The first-order valence-electron chi connectivity index (χ1n) is 8.71. The third-order valence-electron chi connectivity index (χ3n) is 4.18. The van der Waals surface area contributed by atoms with E-state index in [-0.39, 0.29) is 23.1 Å². The van der Waals surface area contributed by atoms with Crippen LogP contribution in [0.15, 0.2) is 34.9 Å². The van der Waals surface area contributed by atoms with E-state index < -0.39 is 11.8 Å². The molecule has 1 N–H and O–H groups in total. The molecule has 0 aliphatic heterocycles. The normalized spacial score (nSPS) is 10.8. The molecule has 0 radical (unpaired) electrons. The number of halogens is 2. The van der Waals surface area contributed by atoms with Gasteiger partial charge in [-0.3, -0.25) is 9.59 Å². The molecular weight excluding hydrogens is 417 g/mol. The number of aromatic nitrogens is 3. The number of anilines is 1. The lowest BCUT2D eigenvalue weighted by atomic mass is 10.2. The van der Waals surface area contributed by atoms with Crippen LogP contribution in [0.4, 0.5) is 5.82 Å². The Kier molecular flexibility index (Phi) is 6.24. The predicted molar refractivity (Wildman–Crippen MR) is 109 cm³/mol. The lowest BCUT2D eigenvalue weighted by Gasteiger charge is -2.16. The van der Waals surface area contributed by atoms with E-state index in [1.54, 1.807) is 26.0 Å². The number of hydrogen-bond donors (Lipinski definition) is 1. The molecule has 0 aliphatic rings. The van der Waals surface area contributed by atoms with Crippen molar-refractivity contribution in [3.63, 3.8) is 0 Å². The molecule has 0 saturated carbocycles. The number of carbonyl (C=O) groups is 2. The summed E-state index contributed by atoms with van der Waals surface area (Å²) in [4.78, 5) is 26.3. The Morgan fingerprint density at radius 3 is 2.62 bits per heavy atom. The third kappa shape index (κ3) is 4.78. The number of likely N-dealkylation sites (N-methyl/N-ethyl adjacent to an activating group) is 1. The van der Waals surface area contributed by atoms with Crippen molar-refractivity contribution in [2.75, 3.05) is 18.9 Å². The highest BCUT2D eigenvalue weighted by Crippen LogP contribution is 2.24. The van der Waals surface area contributed by atoms with Crippen LogP contribution in [0.3, 0.4) is 0 Å². The van der Waals surface area contributed by atoms with Crippen LogP contribution in [-0.2, 0) is 11.3 Å². The van der Waals surface area contributed by atoms with E-state index >= 15 is 0 Å². The first-order chi connectivity index (χ1) is 13.8. The summed E-state index contributed by atoms with van der Waals surface area (Å²) < 4.78 is 6.41. The summed E-state index contributed by atoms with van der Waals surface area (Å²) in [5.41, 5.74) is 1.53. The van der Waals surface area contributed by atoms with E-state index in [4.69, 9.17) is 27.7 Å². The maximum atomic E-state index is 12.9. The Morgan fingerprint density at radius 2 is 1.97 bits per heavy atom. The molecule has 2 heterocycles. The minimum Gasteiger partial charge on any atom is -0.360 e. The van der Waals surface area contributed by atoms with Gasteiger partial charge in [-0.2, -0.15) is 5.10 Å². The monoisotopic (exact) mass is 435 g/mol. The minimum absolute atomic E-state index is 0.184. The van der Waals surface area contributed by atoms with E-state index in [0.717, 1.165) is 5.56 Å². The molecule has 1 aromatic carbocycles. The summed E-state index contributed by atoms with van der Waals surface area (Å²) in [6.07, 6.45) is 0. The quantitative estimate of drug-likeness (QED) is 0.638. The lowest BCUT2D eigenvalue weighted by Crippen LogP contribution is -2.35. The van der Waals surface area contributed by atoms with Gasteiger partial charge in [0.05, 0.1) is 24.3 Å². The third-order valence-corrected chi connectivity index (χ3v) is 4.93. The summed E-state index contributed by atoms with van der Waals surface area (Å²) in [6.45, 7) is 3.54. The van der Waals surface area contributed by atoms with Crippen molar-refractivity contribution in [3.8, 4) is 0 Å². The van der Waals surface area contributed by atoms with Crippen molar-refractivity contribution in [1.82, 2.24) is 19.8 Å². The van der Waals surface area contributed by atoms with E-state index in [2.05, 4.69) is 15.6 Å². The molecule has 0 atom stereocenters. The zero-order valence-electron chi connectivity index (χ0n) is 16.1. The largest absolute Gasteiger partial charge is 0.360 e. The molecule has 8 nitrogen and oxygen atoms in total. The molecule has 0 fully saturated rings. The fraction of sp³-hybridized carbons (Fsp3) is 0.263. The molecule has 0 saturated heterocycles. The van der Waals surface area contributed by atoms with Crippen LogP contribution in [0.1, 0.15) is 27.4 Å². The van der Waals surface area contributed by atoms with E-state index in [0.29, 0.717) is 23.0 Å². The van der Waals surface area contributed by atoms with Crippen LogP contribution >= 0.6 is 23.2 Å². The zero-order valence-corrected chi connectivity index (χ0v) is 17.6. The van der Waals surface area contributed by atoms with Gasteiger partial charge in [-0.1, -0.05) is 46.6 Å². The topological polar surface area (TPSA) is 93.3 Å². The van der Waals surface area contributed by atoms with Crippen LogP contribution in [0.2, 0.25) is 10.2 Å². The highest BCUT2D eigenvalue weighted by Gasteiger charge is 2.25. The molecule has 29 heavy (non-hydrogen) atoms. The average molecular weight is 436 g/mol. The number of carbonyl (C=O) groups excluding carboxylic acids is 2. The van der Waals surface area contributed by atoms with E-state index in [1.807, 2.05) is 18.2 Å². The highest BCUT2D eigenvalue weighted by molar-refractivity contribution is 6.33. The zero-order chi connectivity index (χ0) is 21.1. The van der Waals surface area contributed by atoms with Crippen molar-refractivity contribution in [2.45, 2.75) is 20.4 Å². The molecule has 3 aromatic rings. The maximum Gasteiger partial charge on any atom is 0.259 e. The van der Waals surface area contributed by atoms with Crippen LogP contribution < -0.4 is 5.32 Å². The summed E-state index contributed by atoms with van der Waals surface area (Å²) in [7, 11) is 1.51. The van der Waals surface area contributed by atoms with Crippen molar-refractivity contribution >= 4 is 40.8 Å². The Morgan fingerprint density at radius 1 is 1.24 bits per heavy atom. The summed E-state index contributed by atoms with van der Waals surface area (Å²) in [5, 5.41) is 11.4. The fourth-order valence-corrected chi connectivity index (χ4v) is 3.29. The second kappa shape index (κ2) is 8.67. The smallest absolute Gasteiger partial charge is 0.259 e. The molecule has 10 heteroatoms. The van der Waals surface area contributed by atoms with Gasteiger partial charge in [0.15, 0.2) is 5.82 Å². The van der Waals surface area contributed by atoms with Crippen LogP contribution in [0, 0.1) is 13.8 Å². The van der Waals surface area contributed by atoms with Gasteiger partial charge < -0.3 is 14.7 Å². The van der Waals surface area contributed by atoms with Crippen LogP contribution in [0.5, 0.6) is 0 Å². The van der Waals surface area contributed by atoms with Crippen molar-refractivity contribution < 1.29 is 14.1 Å². The van der Waals surface area contributed by atoms with Gasteiger partial charge in [-0.15, -0.1) is 0 Å². The Balaban J connectivity index is 1.72. The fourth-order valence-electron chi connectivity index (χ4n) is 2.77. The Labute approximate surface area is 177 Å². The second-order valence-electron chi connectivity index (χ2n) is 6.53. The van der Waals surface area contributed by atoms with E-state index in [9.17, 15) is 9.59 Å². The first-order valence-corrected chi connectivity index (χ1v) is 9.46. The molecule has 2 amide bonds. The minimum atomic E-state index is -0.413. The number of amides is 2. The molecule has 0 unspecified atom stereocenters. The Hall–Kier alpha value is -2.84. The van der Waals surface area contributed by atoms with Gasteiger partial charge in [-0.25, -0.2) is 4.68 Å². The van der Waals surface area contributed by atoms with Crippen molar-refractivity contribution in [3.05, 3.63) is 63.1 Å². The number of rotatable bonds is 6. The number of benzene rings is 1. The summed E-state index contributed by atoms with van der Waals surface area (Å²) >= 11 is 12.6. The van der Waals surface area contributed by atoms with Gasteiger partial charge in [0.2, 0.25) is 5.91 Å². The molecule has 3 rings (SSSR count). The number of hydrogen-bond acceptors (Lipinski definition) is 5. The predicted octanol–water partition coefficient (Wildman–Crippen LogP) is 3.55. The number of nitrogens with one attached hydrogen (secondary N) is 1. The standard InChI is InChI=1S/C19H19Cl2N5O3/c1-11-8-15(24-29-11)22-16(27)10-25(3)19(28)17-12(2)23-26(18(17)21)9-13-6-4-5-7-14(13)20/h4-8H,9-10H2,1-3H3,(H,22,24,27). The van der Waals surface area contributed by atoms with Crippen LogP contribution in [0.25, 0.3) is 0 Å². The SMILES string of the molecule is Cc1cc(NC(=O)CN(C)C(=O)c2c(C)nn(Cc3ccccc3Cl)c2Cl)no1. The molecule has 152 valence electrons. The molecule has 2 aromatic heterocycles. The van der Waals surface area contributed by atoms with Gasteiger partial charge in [0.25, 0.3) is 5.91 Å². The number of nitrogens with zero attached hydrogens (tertiary/aromatic N) is 4. The van der Waals surface area contributed by atoms with Crippen molar-refractivity contribution in [2.24, 2.45) is 0 Å². The molecule has 0 spiro atoms. The van der Waals surface area contributed by atoms with Gasteiger partial charge in [0.1, 0.15) is 10.9 Å². The average Bonchev–Trinajstić information content (AvgIpc) is 3.18. The van der Waals surface area contributed by atoms with Gasteiger partial charge in [0, 0.05) is 18.1 Å². The molecule has 0 bridgehead atoms. The lowest BCUT2D eigenvalue weighted by molar-refractivity contribution is -0.116. The maximum absolute atomic E-state index is 12.9. The number of aryl methyl sites for hydroxylation is 2. The van der Waals surface area contributed by atoms with Gasteiger partial charge in [-0.05, 0) is 25.5 Å². The second-order valence-corrected chi connectivity index (χ2v) is 7.30. The summed E-state index contributed by atoms with van der Waals surface area (Å²) in [5.74, 6) is 0.0315. The Bertz CT molecular complexity index is 1060. The van der Waals surface area contributed by atoms with Crippen molar-refractivity contribution in [1.29, 1.82) is 0 Å².